The van der Waals surface area contributed by atoms with Gasteiger partial charge in [0.1, 0.15) is 0 Å². The van der Waals surface area contributed by atoms with E-state index in [2.05, 4.69) is 59.2 Å². The summed E-state index contributed by atoms with van der Waals surface area (Å²) in [6, 6.07) is 11.1. The Morgan fingerprint density at radius 2 is 2.00 bits per heavy atom. The zero-order valence-electron chi connectivity index (χ0n) is 12.1. The Hall–Kier alpha value is -1.39. The summed E-state index contributed by atoms with van der Waals surface area (Å²) in [6.45, 7) is 3.12. The van der Waals surface area contributed by atoms with E-state index in [1.807, 2.05) is 18.0 Å². The molecule has 0 aliphatic heterocycles. The highest BCUT2D eigenvalue weighted by molar-refractivity contribution is 7.99. The molecule has 1 heterocycles. The van der Waals surface area contributed by atoms with E-state index in [0.717, 1.165) is 24.4 Å². The van der Waals surface area contributed by atoms with E-state index in [4.69, 9.17) is 0 Å². The highest BCUT2D eigenvalue weighted by atomic mass is 32.2. The SMILES string of the molecule is C[C@H](CCSc1ccccc1)N(C)Cc1cnccn1. The van der Waals surface area contributed by atoms with Crippen LogP contribution < -0.4 is 0 Å². The lowest BCUT2D eigenvalue weighted by Gasteiger charge is -2.24. The number of hydrogen-bond acceptors (Lipinski definition) is 4. The summed E-state index contributed by atoms with van der Waals surface area (Å²) >= 11 is 1.92. The minimum Gasteiger partial charge on any atom is -0.298 e. The van der Waals surface area contributed by atoms with Crippen LogP contribution in [0.2, 0.25) is 0 Å². The lowest BCUT2D eigenvalue weighted by atomic mass is 10.2. The van der Waals surface area contributed by atoms with Gasteiger partial charge in [0.05, 0.1) is 5.69 Å². The Morgan fingerprint density at radius 3 is 2.70 bits per heavy atom. The molecule has 0 unspecified atom stereocenters. The maximum Gasteiger partial charge on any atom is 0.0726 e. The summed E-state index contributed by atoms with van der Waals surface area (Å²) in [7, 11) is 2.15. The predicted molar refractivity (Wildman–Crippen MR) is 84.7 cm³/mol. The maximum atomic E-state index is 4.32. The van der Waals surface area contributed by atoms with E-state index in [1.54, 1.807) is 12.4 Å². The molecule has 0 aliphatic carbocycles. The molecule has 1 aromatic carbocycles. The minimum atomic E-state index is 0.535. The summed E-state index contributed by atoms with van der Waals surface area (Å²) < 4.78 is 0. The first-order chi connectivity index (χ1) is 9.75. The lowest BCUT2D eigenvalue weighted by Crippen LogP contribution is -2.29. The monoisotopic (exact) mass is 287 g/mol. The van der Waals surface area contributed by atoms with Gasteiger partial charge in [-0.2, -0.15) is 0 Å². The zero-order valence-corrected chi connectivity index (χ0v) is 12.9. The van der Waals surface area contributed by atoms with Crippen molar-refractivity contribution in [1.29, 1.82) is 0 Å². The smallest absolute Gasteiger partial charge is 0.0726 e. The molecular weight excluding hydrogens is 266 g/mol. The van der Waals surface area contributed by atoms with Crippen LogP contribution in [0, 0.1) is 0 Å². The van der Waals surface area contributed by atoms with Crippen molar-refractivity contribution in [3.05, 3.63) is 54.6 Å². The van der Waals surface area contributed by atoms with Gasteiger partial charge < -0.3 is 0 Å². The molecule has 2 aromatic rings. The first-order valence-electron chi connectivity index (χ1n) is 6.88. The number of hydrogen-bond donors (Lipinski definition) is 0. The van der Waals surface area contributed by atoms with Crippen LogP contribution in [0.5, 0.6) is 0 Å². The normalized spacial score (nSPS) is 12.6. The molecule has 3 nitrogen and oxygen atoms in total. The predicted octanol–water partition coefficient (Wildman–Crippen LogP) is 3.48. The van der Waals surface area contributed by atoms with Crippen molar-refractivity contribution in [3.63, 3.8) is 0 Å². The molecule has 1 aromatic heterocycles. The summed E-state index contributed by atoms with van der Waals surface area (Å²) in [4.78, 5) is 12.1. The van der Waals surface area contributed by atoms with Crippen molar-refractivity contribution >= 4 is 11.8 Å². The second-order valence-electron chi connectivity index (χ2n) is 4.91. The number of nitrogens with zero attached hydrogens (tertiary/aromatic N) is 3. The van der Waals surface area contributed by atoms with Gasteiger partial charge in [-0.1, -0.05) is 18.2 Å². The summed E-state index contributed by atoms with van der Waals surface area (Å²) in [5.74, 6) is 1.13. The van der Waals surface area contributed by atoms with Gasteiger partial charge in [0.15, 0.2) is 0 Å². The van der Waals surface area contributed by atoms with Crippen LogP contribution in [0.1, 0.15) is 19.0 Å². The average molecular weight is 287 g/mol. The Balaban J connectivity index is 1.73. The standard InChI is InChI=1S/C16H21N3S/c1-14(8-11-20-16-6-4-3-5-7-16)19(2)13-15-12-17-9-10-18-15/h3-7,9-10,12,14H,8,11,13H2,1-2H3/t14-/m1/s1. The van der Waals surface area contributed by atoms with Gasteiger partial charge in [-0.15, -0.1) is 11.8 Å². The Bertz CT molecular complexity index is 490. The third-order valence-electron chi connectivity index (χ3n) is 3.33. The van der Waals surface area contributed by atoms with Gasteiger partial charge in [-0.3, -0.25) is 14.9 Å². The largest absolute Gasteiger partial charge is 0.298 e. The molecule has 0 N–H and O–H groups in total. The van der Waals surface area contributed by atoms with Gasteiger partial charge in [0.25, 0.3) is 0 Å². The van der Waals surface area contributed by atoms with E-state index in [-0.39, 0.29) is 0 Å². The average Bonchev–Trinajstić information content (AvgIpc) is 2.49. The molecule has 0 fully saturated rings. The molecule has 0 radical (unpaired) electrons. The van der Waals surface area contributed by atoms with Crippen molar-refractivity contribution in [3.8, 4) is 0 Å². The second-order valence-corrected chi connectivity index (χ2v) is 6.08. The molecule has 2 rings (SSSR count). The Labute approximate surface area is 125 Å². The number of rotatable bonds is 7. The molecule has 1 atom stereocenters. The number of aromatic nitrogens is 2. The quantitative estimate of drug-likeness (QED) is 0.729. The molecule has 20 heavy (non-hydrogen) atoms. The highest BCUT2D eigenvalue weighted by Crippen LogP contribution is 2.19. The fraction of sp³-hybridized carbons (Fsp3) is 0.375. The van der Waals surface area contributed by atoms with Crippen molar-refractivity contribution in [2.24, 2.45) is 0 Å². The second kappa shape index (κ2) is 8.02. The first-order valence-corrected chi connectivity index (χ1v) is 7.87. The number of benzene rings is 1. The van der Waals surface area contributed by atoms with Crippen molar-refractivity contribution in [1.82, 2.24) is 14.9 Å². The van der Waals surface area contributed by atoms with Crippen molar-refractivity contribution < 1.29 is 0 Å². The van der Waals surface area contributed by atoms with Gasteiger partial charge >= 0.3 is 0 Å². The molecule has 0 saturated heterocycles. The molecule has 0 aliphatic rings. The van der Waals surface area contributed by atoms with Crippen LogP contribution in [0.3, 0.4) is 0 Å². The summed E-state index contributed by atoms with van der Waals surface area (Å²) in [5, 5.41) is 0. The Morgan fingerprint density at radius 1 is 1.20 bits per heavy atom. The van der Waals surface area contributed by atoms with Crippen LogP contribution in [0.25, 0.3) is 0 Å². The number of thioether (sulfide) groups is 1. The van der Waals surface area contributed by atoms with E-state index >= 15 is 0 Å². The van der Waals surface area contributed by atoms with Crippen molar-refractivity contribution in [2.45, 2.75) is 30.8 Å². The zero-order chi connectivity index (χ0) is 14.2. The Kier molecular flexibility index (Phi) is 6.02. The van der Waals surface area contributed by atoms with Gasteiger partial charge in [-0.05, 0) is 38.3 Å². The third kappa shape index (κ3) is 4.94. The molecular formula is C16H21N3S. The first kappa shape index (κ1) is 15.0. The molecule has 106 valence electrons. The van der Waals surface area contributed by atoms with E-state index in [0.29, 0.717) is 6.04 Å². The molecule has 0 spiro atoms. The van der Waals surface area contributed by atoms with E-state index in [9.17, 15) is 0 Å². The molecule has 0 amide bonds. The van der Waals surface area contributed by atoms with Gasteiger partial charge in [0, 0.05) is 36.1 Å². The minimum absolute atomic E-state index is 0.535. The topological polar surface area (TPSA) is 29.0 Å². The summed E-state index contributed by atoms with van der Waals surface area (Å²) in [6.07, 6.45) is 6.46. The summed E-state index contributed by atoms with van der Waals surface area (Å²) in [5.41, 5.74) is 1.03. The fourth-order valence-corrected chi connectivity index (χ4v) is 2.95. The van der Waals surface area contributed by atoms with Crippen molar-refractivity contribution in [2.75, 3.05) is 12.8 Å². The maximum absolute atomic E-state index is 4.32. The van der Waals surface area contributed by atoms with Gasteiger partial charge in [-0.25, -0.2) is 0 Å². The highest BCUT2D eigenvalue weighted by Gasteiger charge is 2.10. The van der Waals surface area contributed by atoms with Crippen LogP contribution in [-0.4, -0.2) is 33.7 Å². The van der Waals surface area contributed by atoms with Crippen LogP contribution in [0.15, 0.2) is 53.8 Å². The van der Waals surface area contributed by atoms with Crippen LogP contribution in [-0.2, 0) is 6.54 Å². The molecule has 0 saturated carbocycles. The van der Waals surface area contributed by atoms with Gasteiger partial charge in [0.2, 0.25) is 0 Å². The third-order valence-corrected chi connectivity index (χ3v) is 4.37. The molecule has 4 heteroatoms. The van der Waals surface area contributed by atoms with E-state index in [1.165, 1.54) is 4.90 Å². The van der Waals surface area contributed by atoms with E-state index < -0.39 is 0 Å². The molecule has 0 bridgehead atoms. The fourth-order valence-electron chi connectivity index (χ4n) is 1.91. The lowest BCUT2D eigenvalue weighted by molar-refractivity contribution is 0.242. The van der Waals surface area contributed by atoms with Crippen LogP contribution >= 0.6 is 11.8 Å². The van der Waals surface area contributed by atoms with Crippen LogP contribution in [0.4, 0.5) is 0 Å².